The Morgan fingerprint density at radius 2 is 2.21 bits per heavy atom. The third-order valence-electron chi connectivity index (χ3n) is 4.34. The van der Waals surface area contributed by atoms with Crippen LogP contribution < -0.4 is 0 Å². The molecule has 1 N–H and O–H groups in total. The average molecular weight is 261 g/mol. The zero-order chi connectivity index (χ0) is 13.2. The van der Waals surface area contributed by atoms with Crippen molar-refractivity contribution in [3.05, 3.63) is 29.3 Å². The Bertz CT molecular complexity index is 446. The smallest absolute Gasteiger partial charge is 0.115 e. The SMILES string of the molecule is CC1CN(C2CCCc3ccc(O)cc32)CCCO1. The predicted octanol–water partition coefficient (Wildman–Crippen LogP) is 2.88. The van der Waals surface area contributed by atoms with Crippen LogP contribution in [0.25, 0.3) is 0 Å². The molecule has 2 unspecified atom stereocenters. The summed E-state index contributed by atoms with van der Waals surface area (Å²) in [4.78, 5) is 2.55. The van der Waals surface area contributed by atoms with Gasteiger partial charge in [-0.25, -0.2) is 0 Å². The van der Waals surface area contributed by atoms with Gasteiger partial charge in [-0.15, -0.1) is 0 Å². The maximum Gasteiger partial charge on any atom is 0.115 e. The maximum absolute atomic E-state index is 9.77. The van der Waals surface area contributed by atoms with Crippen LogP contribution in [0.5, 0.6) is 5.75 Å². The molecule has 0 radical (unpaired) electrons. The molecule has 0 aromatic heterocycles. The Kier molecular flexibility index (Phi) is 3.76. The highest BCUT2D eigenvalue weighted by atomic mass is 16.5. The number of hydrogen-bond acceptors (Lipinski definition) is 3. The molecular weight excluding hydrogens is 238 g/mol. The van der Waals surface area contributed by atoms with Crippen molar-refractivity contribution in [2.45, 2.75) is 44.8 Å². The van der Waals surface area contributed by atoms with Crippen LogP contribution in [0, 0.1) is 0 Å². The van der Waals surface area contributed by atoms with Crippen molar-refractivity contribution in [3.63, 3.8) is 0 Å². The summed E-state index contributed by atoms with van der Waals surface area (Å²) < 4.78 is 5.74. The van der Waals surface area contributed by atoms with Gasteiger partial charge in [0.1, 0.15) is 5.75 Å². The van der Waals surface area contributed by atoms with E-state index in [9.17, 15) is 5.11 Å². The van der Waals surface area contributed by atoms with Crippen molar-refractivity contribution < 1.29 is 9.84 Å². The van der Waals surface area contributed by atoms with E-state index in [0.717, 1.165) is 32.5 Å². The molecule has 1 aliphatic carbocycles. The number of phenolic OH excluding ortho intramolecular Hbond substituents is 1. The molecule has 1 aliphatic heterocycles. The van der Waals surface area contributed by atoms with Crippen LogP contribution in [-0.2, 0) is 11.2 Å². The van der Waals surface area contributed by atoms with Crippen molar-refractivity contribution in [2.75, 3.05) is 19.7 Å². The van der Waals surface area contributed by atoms with E-state index in [1.54, 1.807) is 0 Å². The number of hydrogen-bond donors (Lipinski definition) is 1. The van der Waals surface area contributed by atoms with E-state index in [-0.39, 0.29) is 0 Å². The summed E-state index contributed by atoms with van der Waals surface area (Å²) >= 11 is 0. The van der Waals surface area contributed by atoms with Gasteiger partial charge in [0.05, 0.1) is 6.10 Å². The van der Waals surface area contributed by atoms with E-state index in [0.29, 0.717) is 17.9 Å². The van der Waals surface area contributed by atoms with Gasteiger partial charge in [0.25, 0.3) is 0 Å². The number of phenols is 1. The van der Waals surface area contributed by atoms with Gasteiger partial charge in [-0.1, -0.05) is 6.07 Å². The third kappa shape index (κ3) is 2.77. The van der Waals surface area contributed by atoms with E-state index in [4.69, 9.17) is 4.74 Å². The first-order valence-electron chi connectivity index (χ1n) is 7.41. The summed E-state index contributed by atoms with van der Waals surface area (Å²) in [6.45, 7) is 5.13. The minimum atomic E-state index is 0.310. The third-order valence-corrected chi connectivity index (χ3v) is 4.34. The van der Waals surface area contributed by atoms with Crippen LogP contribution in [-0.4, -0.2) is 35.8 Å². The Hall–Kier alpha value is -1.06. The minimum absolute atomic E-state index is 0.310. The molecule has 1 aromatic rings. The molecule has 3 heteroatoms. The molecule has 0 spiro atoms. The summed E-state index contributed by atoms with van der Waals surface area (Å²) in [5.41, 5.74) is 2.74. The summed E-state index contributed by atoms with van der Waals surface area (Å²) in [6, 6.07) is 6.33. The summed E-state index contributed by atoms with van der Waals surface area (Å²) in [5, 5.41) is 9.77. The summed E-state index contributed by atoms with van der Waals surface area (Å²) in [5.74, 6) is 0.393. The van der Waals surface area contributed by atoms with Gasteiger partial charge in [-0.3, -0.25) is 4.90 Å². The second kappa shape index (κ2) is 5.51. The zero-order valence-corrected chi connectivity index (χ0v) is 11.6. The first kappa shape index (κ1) is 12.9. The van der Waals surface area contributed by atoms with Crippen LogP contribution in [0.4, 0.5) is 0 Å². The normalized spacial score (nSPS) is 28.7. The Labute approximate surface area is 115 Å². The molecule has 2 aliphatic rings. The van der Waals surface area contributed by atoms with Crippen LogP contribution in [0.1, 0.15) is 43.4 Å². The van der Waals surface area contributed by atoms with E-state index in [2.05, 4.69) is 17.9 Å². The molecule has 0 bridgehead atoms. The molecular formula is C16H23NO2. The first-order chi connectivity index (χ1) is 9.24. The van der Waals surface area contributed by atoms with Crippen molar-refractivity contribution in [3.8, 4) is 5.75 Å². The standard InChI is InChI=1S/C16H23NO2/c1-12-11-17(8-3-9-19-12)16-5-2-4-13-6-7-14(18)10-15(13)16/h6-7,10,12,16,18H,2-5,8-9,11H2,1H3. The van der Waals surface area contributed by atoms with Gasteiger partial charge in [-0.2, -0.15) is 0 Å². The monoisotopic (exact) mass is 261 g/mol. The lowest BCUT2D eigenvalue weighted by atomic mass is 9.86. The second-order valence-corrected chi connectivity index (χ2v) is 5.82. The van der Waals surface area contributed by atoms with Crippen LogP contribution in [0.3, 0.4) is 0 Å². The molecule has 1 fully saturated rings. The van der Waals surface area contributed by atoms with Gasteiger partial charge in [-0.05, 0) is 55.9 Å². The molecule has 1 aromatic carbocycles. The van der Waals surface area contributed by atoms with Gasteiger partial charge in [0.2, 0.25) is 0 Å². The van der Waals surface area contributed by atoms with Crippen molar-refractivity contribution in [2.24, 2.45) is 0 Å². The molecule has 1 saturated heterocycles. The van der Waals surface area contributed by atoms with Crippen molar-refractivity contribution in [1.29, 1.82) is 0 Å². The number of aromatic hydroxyl groups is 1. The van der Waals surface area contributed by atoms with Crippen LogP contribution >= 0.6 is 0 Å². The Morgan fingerprint density at radius 3 is 3.11 bits per heavy atom. The second-order valence-electron chi connectivity index (χ2n) is 5.82. The number of aryl methyl sites for hydroxylation is 1. The predicted molar refractivity (Wildman–Crippen MR) is 75.4 cm³/mol. The Morgan fingerprint density at radius 1 is 1.32 bits per heavy atom. The molecule has 2 atom stereocenters. The lowest BCUT2D eigenvalue weighted by molar-refractivity contribution is 0.0586. The minimum Gasteiger partial charge on any atom is -0.508 e. The highest BCUT2D eigenvalue weighted by Gasteiger charge is 2.28. The number of fused-ring (bicyclic) bond motifs is 1. The van der Waals surface area contributed by atoms with E-state index < -0.39 is 0 Å². The first-order valence-corrected chi connectivity index (χ1v) is 7.41. The molecule has 104 valence electrons. The highest BCUT2D eigenvalue weighted by molar-refractivity contribution is 5.38. The number of benzene rings is 1. The highest BCUT2D eigenvalue weighted by Crippen LogP contribution is 2.36. The molecule has 1 heterocycles. The lowest BCUT2D eigenvalue weighted by Gasteiger charge is -2.35. The number of rotatable bonds is 1. The van der Waals surface area contributed by atoms with E-state index in [1.165, 1.54) is 24.0 Å². The number of nitrogens with zero attached hydrogens (tertiary/aromatic N) is 1. The van der Waals surface area contributed by atoms with Gasteiger partial charge < -0.3 is 9.84 Å². The zero-order valence-electron chi connectivity index (χ0n) is 11.6. The lowest BCUT2D eigenvalue weighted by Crippen LogP contribution is -2.35. The molecule has 19 heavy (non-hydrogen) atoms. The van der Waals surface area contributed by atoms with Crippen LogP contribution in [0.15, 0.2) is 18.2 Å². The molecule has 0 saturated carbocycles. The van der Waals surface area contributed by atoms with Crippen molar-refractivity contribution in [1.82, 2.24) is 4.90 Å². The topological polar surface area (TPSA) is 32.7 Å². The average Bonchev–Trinajstić information content (AvgIpc) is 2.62. The fourth-order valence-corrected chi connectivity index (χ4v) is 3.45. The van der Waals surface area contributed by atoms with Crippen molar-refractivity contribution >= 4 is 0 Å². The maximum atomic E-state index is 9.77. The van der Waals surface area contributed by atoms with Gasteiger partial charge >= 0.3 is 0 Å². The fraction of sp³-hybridized carbons (Fsp3) is 0.625. The molecule has 0 amide bonds. The van der Waals surface area contributed by atoms with Gasteiger partial charge in [0, 0.05) is 25.7 Å². The summed E-state index contributed by atoms with van der Waals surface area (Å²) in [6.07, 6.45) is 5.00. The number of ether oxygens (including phenoxy) is 1. The fourth-order valence-electron chi connectivity index (χ4n) is 3.45. The van der Waals surface area contributed by atoms with E-state index in [1.807, 2.05) is 12.1 Å². The summed E-state index contributed by atoms with van der Waals surface area (Å²) in [7, 11) is 0. The van der Waals surface area contributed by atoms with Crippen LogP contribution in [0.2, 0.25) is 0 Å². The Balaban J connectivity index is 1.87. The largest absolute Gasteiger partial charge is 0.508 e. The van der Waals surface area contributed by atoms with E-state index >= 15 is 0 Å². The quantitative estimate of drug-likeness (QED) is 0.843. The molecule has 3 nitrogen and oxygen atoms in total. The van der Waals surface area contributed by atoms with Gasteiger partial charge in [0.15, 0.2) is 0 Å². The molecule has 3 rings (SSSR count).